The van der Waals surface area contributed by atoms with Crippen molar-refractivity contribution < 1.29 is 28.7 Å². The lowest BCUT2D eigenvalue weighted by atomic mass is 10.3. The number of esters is 1. The minimum absolute atomic E-state index is 0.0151. The Kier molecular flexibility index (Phi) is 7.77. The van der Waals surface area contributed by atoms with E-state index in [1.807, 2.05) is 0 Å². The molecule has 0 fully saturated rings. The van der Waals surface area contributed by atoms with Crippen LogP contribution in [0.25, 0.3) is 0 Å². The molecule has 1 aromatic carbocycles. The number of rotatable bonds is 10. The van der Waals surface area contributed by atoms with Crippen LogP contribution in [0, 0.1) is 10.1 Å². The van der Waals surface area contributed by atoms with Crippen molar-refractivity contribution in [2.45, 2.75) is 0 Å². The molecule has 1 aromatic rings. The lowest BCUT2D eigenvalue weighted by molar-refractivity contribution is -0.384. The van der Waals surface area contributed by atoms with E-state index >= 15 is 0 Å². The third kappa shape index (κ3) is 7.23. The van der Waals surface area contributed by atoms with E-state index in [1.165, 1.54) is 31.4 Å². The van der Waals surface area contributed by atoms with Crippen LogP contribution in [0.5, 0.6) is 5.75 Å². The van der Waals surface area contributed by atoms with E-state index in [0.717, 1.165) is 0 Å². The number of non-ortho nitro benzene ring substituents is 1. The van der Waals surface area contributed by atoms with Crippen molar-refractivity contribution in [1.82, 2.24) is 0 Å². The summed E-state index contributed by atoms with van der Waals surface area (Å²) < 4.78 is 19.9. The Morgan fingerprint density at radius 1 is 1.10 bits per heavy atom. The normalized spacial score (nSPS) is 10.1. The minimum atomic E-state index is -0.471. The van der Waals surface area contributed by atoms with Crippen LogP contribution in [-0.4, -0.2) is 51.0 Å². The second kappa shape index (κ2) is 9.67. The monoisotopic (exact) mass is 299 g/mol. The molecule has 8 nitrogen and oxygen atoms in total. The summed E-state index contributed by atoms with van der Waals surface area (Å²) in [5.74, 6) is 0.0997. The number of nitrogens with zero attached hydrogens (tertiary/aromatic N) is 1. The average Bonchev–Trinajstić information content (AvgIpc) is 2.50. The van der Waals surface area contributed by atoms with Crippen molar-refractivity contribution in [2.75, 3.05) is 40.1 Å². The molecule has 0 aliphatic carbocycles. The van der Waals surface area contributed by atoms with Crippen LogP contribution in [0.1, 0.15) is 0 Å². The summed E-state index contributed by atoms with van der Waals surface area (Å²) in [7, 11) is 1.29. The Hall–Kier alpha value is -2.19. The van der Waals surface area contributed by atoms with Gasteiger partial charge in [-0.2, -0.15) is 0 Å². The van der Waals surface area contributed by atoms with E-state index in [4.69, 9.17) is 14.2 Å². The first-order chi connectivity index (χ1) is 10.1. The molecule has 0 aliphatic rings. The zero-order valence-electron chi connectivity index (χ0n) is 11.6. The third-order valence-electron chi connectivity index (χ3n) is 2.36. The van der Waals surface area contributed by atoms with Crippen LogP contribution in [0.2, 0.25) is 0 Å². The Balaban J connectivity index is 2.04. The molecule has 8 heteroatoms. The van der Waals surface area contributed by atoms with E-state index in [2.05, 4.69) is 4.74 Å². The van der Waals surface area contributed by atoms with Gasteiger partial charge in [0.15, 0.2) is 0 Å². The van der Waals surface area contributed by atoms with Gasteiger partial charge in [-0.25, -0.2) is 4.79 Å². The lowest BCUT2D eigenvalue weighted by Crippen LogP contribution is -2.15. The van der Waals surface area contributed by atoms with E-state index in [-0.39, 0.29) is 18.9 Å². The molecule has 1 rings (SSSR count). The molecular weight excluding hydrogens is 282 g/mol. The molecule has 21 heavy (non-hydrogen) atoms. The summed E-state index contributed by atoms with van der Waals surface area (Å²) in [4.78, 5) is 20.7. The average molecular weight is 299 g/mol. The predicted octanol–water partition coefficient (Wildman–Crippen LogP) is 1.18. The van der Waals surface area contributed by atoms with Gasteiger partial charge in [0.2, 0.25) is 0 Å². The molecule has 0 heterocycles. The highest BCUT2D eigenvalue weighted by Gasteiger charge is 2.04. The molecule has 0 spiro atoms. The van der Waals surface area contributed by atoms with Crippen LogP contribution >= 0.6 is 0 Å². The van der Waals surface area contributed by atoms with Crippen molar-refractivity contribution in [3.63, 3.8) is 0 Å². The maximum Gasteiger partial charge on any atom is 0.331 e. The SMILES string of the molecule is COC(=O)COCCOCCOc1ccc([N+](=O)[O-])cc1. The van der Waals surface area contributed by atoms with Crippen molar-refractivity contribution in [1.29, 1.82) is 0 Å². The first-order valence-electron chi connectivity index (χ1n) is 6.23. The standard InChI is InChI=1S/C13H17NO7/c1-18-13(15)10-20-7-6-19-8-9-21-12-4-2-11(3-5-12)14(16)17/h2-5H,6-10H2,1H3. The summed E-state index contributed by atoms with van der Waals surface area (Å²) in [6, 6.07) is 5.79. The first-order valence-corrected chi connectivity index (χ1v) is 6.23. The van der Waals surface area contributed by atoms with Gasteiger partial charge in [0.1, 0.15) is 19.0 Å². The van der Waals surface area contributed by atoms with Crippen LogP contribution in [0.3, 0.4) is 0 Å². The van der Waals surface area contributed by atoms with Crippen LogP contribution in [0.4, 0.5) is 5.69 Å². The van der Waals surface area contributed by atoms with Gasteiger partial charge in [0.05, 0.1) is 31.9 Å². The zero-order valence-corrected chi connectivity index (χ0v) is 11.6. The number of hydrogen-bond acceptors (Lipinski definition) is 7. The van der Waals surface area contributed by atoms with E-state index in [1.54, 1.807) is 0 Å². The van der Waals surface area contributed by atoms with Crippen molar-refractivity contribution in [3.05, 3.63) is 34.4 Å². The van der Waals surface area contributed by atoms with Crippen molar-refractivity contribution in [3.8, 4) is 5.75 Å². The molecule has 0 saturated carbocycles. The van der Waals surface area contributed by atoms with Gasteiger partial charge in [0.25, 0.3) is 5.69 Å². The largest absolute Gasteiger partial charge is 0.491 e. The first kappa shape index (κ1) is 16.9. The highest BCUT2D eigenvalue weighted by atomic mass is 16.6. The van der Waals surface area contributed by atoms with Gasteiger partial charge in [-0.05, 0) is 12.1 Å². The van der Waals surface area contributed by atoms with Crippen molar-refractivity contribution >= 4 is 11.7 Å². The summed E-state index contributed by atoms with van der Waals surface area (Å²) in [5, 5.41) is 10.5. The molecule has 0 bridgehead atoms. The maximum atomic E-state index is 10.7. The number of hydrogen-bond donors (Lipinski definition) is 0. The second-order valence-corrected chi connectivity index (χ2v) is 3.84. The quantitative estimate of drug-likeness (QED) is 0.277. The fraction of sp³-hybridized carbons (Fsp3) is 0.462. The third-order valence-corrected chi connectivity index (χ3v) is 2.36. The fourth-order valence-corrected chi connectivity index (χ4v) is 1.32. The maximum absolute atomic E-state index is 10.7. The van der Waals surface area contributed by atoms with Gasteiger partial charge >= 0.3 is 5.97 Å². The molecule has 0 radical (unpaired) electrons. The molecular formula is C13H17NO7. The van der Waals surface area contributed by atoms with Crippen LogP contribution < -0.4 is 4.74 Å². The molecule has 0 aromatic heterocycles. The Labute approximate surface area is 121 Å². The highest BCUT2D eigenvalue weighted by Crippen LogP contribution is 2.16. The summed E-state index contributed by atoms with van der Waals surface area (Å²) in [6.45, 7) is 1.18. The highest BCUT2D eigenvalue weighted by molar-refractivity contribution is 5.70. The fourth-order valence-electron chi connectivity index (χ4n) is 1.32. The number of benzene rings is 1. The van der Waals surface area contributed by atoms with Gasteiger partial charge in [-0.1, -0.05) is 0 Å². The van der Waals surface area contributed by atoms with Crippen LogP contribution in [0.15, 0.2) is 24.3 Å². The molecule has 0 N–H and O–H groups in total. The summed E-state index contributed by atoms with van der Waals surface area (Å²) in [6.07, 6.45) is 0. The lowest BCUT2D eigenvalue weighted by Gasteiger charge is -2.07. The van der Waals surface area contributed by atoms with E-state index < -0.39 is 10.9 Å². The minimum Gasteiger partial charge on any atom is -0.491 e. The Morgan fingerprint density at radius 3 is 2.33 bits per heavy atom. The van der Waals surface area contributed by atoms with Gasteiger partial charge < -0.3 is 18.9 Å². The zero-order chi connectivity index (χ0) is 15.5. The van der Waals surface area contributed by atoms with E-state index in [9.17, 15) is 14.9 Å². The Morgan fingerprint density at radius 2 is 1.71 bits per heavy atom. The number of carbonyl (C=O) groups is 1. The summed E-state index contributed by atoms with van der Waals surface area (Å²) >= 11 is 0. The topological polar surface area (TPSA) is 97.1 Å². The number of nitro benzene ring substituents is 1. The van der Waals surface area contributed by atoms with Crippen LogP contribution in [-0.2, 0) is 19.0 Å². The molecule has 116 valence electrons. The van der Waals surface area contributed by atoms with Crippen molar-refractivity contribution in [2.24, 2.45) is 0 Å². The predicted molar refractivity (Wildman–Crippen MR) is 72.2 cm³/mol. The number of carbonyl (C=O) groups excluding carboxylic acids is 1. The molecule has 0 unspecified atom stereocenters. The molecule has 0 aliphatic heterocycles. The number of nitro groups is 1. The molecule has 0 amide bonds. The number of ether oxygens (including phenoxy) is 4. The molecule has 0 atom stereocenters. The molecule has 0 saturated heterocycles. The Bertz CT molecular complexity index is 446. The van der Waals surface area contributed by atoms with E-state index in [0.29, 0.717) is 25.6 Å². The second-order valence-electron chi connectivity index (χ2n) is 3.84. The van der Waals surface area contributed by atoms with Gasteiger partial charge in [-0.3, -0.25) is 10.1 Å². The smallest absolute Gasteiger partial charge is 0.331 e. The number of methoxy groups -OCH3 is 1. The van der Waals surface area contributed by atoms with Gasteiger partial charge in [0, 0.05) is 12.1 Å². The van der Waals surface area contributed by atoms with Gasteiger partial charge in [-0.15, -0.1) is 0 Å². The summed E-state index contributed by atoms with van der Waals surface area (Å²) in [5.41, 5.74) is 0.0151.